The highest BCUT2D eigenvalue weighted by molar-refractivity contribution is 5.94. The highest BCUT2D eigenvalue weighted by Crippen LogP contribution is 2.07. The first kappa shape index (κ1) is 28.3. The zero-order valence-electron chi connectivity index (χ0n) is 18.2. The van der Waals surface area contributed by atoms with Gasteiger partial charge in [0.15, 0.2) is 0 Å². The molecule has 0 aliphatic carbocycles. The maximum absolute atomic E-state index is 12.6. The molecule has 0 aromatic heterocycles. The van der Waals surface area contributed by atoms with Crippen molar-refractivity contribution < 1.29 is 34.2 Å². The molecular formula is C19H35N5O7. The summed E-state index contributed by atoms with van der Waals surface area (Å²) >= 11 is 0. The average molecular weight is 446 g/mol. The van der Waals surface area contributed by atoms with Crippen molar-refractivity contribution in [1.29, 1.82) is 0 Å². The maximum Gasteiger partial charge on any atom is 0.326 e. The van der Waals surface area contributed by atoms with Gasteiger partial charge in [0, 0.05) is 0 Å². The lowest BCUT2D eigenvalue weighted by molar-refractivity contribution is -0.147. The minimum absolute atomic E-state index is 0.0422. The Morgan fingerprint density at radius 3 is 1.90 bits per heavy atom. The minimum Gasteiger partial charge on any atom is -0.481 e. The van der Waals surface area contributed by atoms with Crippen molar-refractivity contribution in [3.63, 3.8) is 0 Å². The van der Waals surface area contributed by atoms with Gasteiger partial charge in [-0.05, 0) is 38.6 Å². The van der Waals surface area contributed by atoms with E-state index in [1.54, 1.807) is 0 Å². The summed E-state index contributed by atoms with van der Waals surface area (Å²) in [5.41, 5.74) is 11.3. The third kappa shape index (κ3) is 11.9. The van der Waals surface area contributed by atoms with E-state index in [0.29, 0.717) is 19.4 Å². The molecule has 4 atom stereocenters. The van der Waals surface area contributed by atoms with Crippen LogP contribution in [0.4, 0.5) is 0 Å². The lowest BCUT2D eigenvalue weighted by atomic mass is 10.0. The third-order valence-electron chi connectivity index (χ3n) is 4.39. The summed E-state index contributed by atoms with van der Waals surface area (Å²) in [6, 6.07) is -4.55. The normalized spacial score (nSPS) is 14.8. The van der Waals surface area contributed by atoms with Crippen LogP contribution >= 0.6 is 0 Å². The van der Waals surface area contributed by atoms with Gasteiger partial charge in [0.1, 0.15) is 18.1 Å². The van der Waals surface area contributed by atoms with E-state index in [1.807, 2.05) is 13.8 Å². The third-order valence-corrected chi connectivity index (χ3v) is 4.39. The first-order chi connectivity index (χ1) is 14.4. The molecule has 0 heterocycles. The molecular weight excluding hydrogens is 410 g/mol. The number of nitrogens with one attached hydrogen (secondary N) is 3. The molecule has 0 saturated carbocycles. The van der Waals surface area contributed by atoms with Gasteiger partial charge in [0.05, 0.1) is 12.5 Å². The van der Waals surface area contributed by atoms with Crippen LogP contribution in [-0.2, 0) is 24.0 Å². The van der Waals surface area contributed by atoms with Gasteiger partial charge >= 0.3 is 11.9 Å². The van der Waals surface area contributed by atoms with E-state index in [-0.39, 0.29) is 12.3 Å². The van der Waals surface area contributed by atoms with Crippen LogP contribution < -0.4 is 27.4 Å². The monoisotopic (exact) mass is 445 g/mol. The second-order valence-electron chi connectivity index (χ2n) is 7.81. The quantitative estimate of drug-likeness (QED) is 0.146. The summed E-state index contributed by atoms with van der Waals surface area (Å²) in [4.78, 5) is 59.0. The van der Waals surface area contributed by atoms with Crippen molar-refractivity contribution in [2.45, 2.75) is 77.0 Å². The molecule has 0 rings (SSSR count). The highest BCUT2D eigenvalue weighted by atomic mass is 16.4. The van der Waals surface area contributed by atoms with Gasteiger partial charge in [-0.1, -0.05) is 20.3 Å². The van der Waals surface area contributed by atoms with Crippen LogP contribution in [-0.4, -0.2) is 70.6 Å². The molecule has 12 heteroatoms. The number of rotatable bonds is 15. The number of hydrogen-bond donors (Lipinski definition) is 7. The second kappa shape index (κ2) is 14.3. The van der Waals surface area contributed by atoms with Crippen molar-refractivity contribution >= 4 is 29.7 Å². The van der Waals surface area contributed by atoms with E-state index in [1.165, 1.54) is 6.92 Å². The molecule has 31 heavy (non-hydrogen) atoms. The summed E-state index contributed by atoms with van der Waals surface area (Å²) in [5.74, 6) is -4.86. The predicted octanol–water partition coefficient (Wildman–Crippen LogP) is -1.48. The van der Waals surface area contributed by atoms with Gasteiger partial charge in [-0.15, -0.1) is 0 Å². The van der Waals surface area contributed by atoms with Crippen LogP contribution in [0, 0.1) is 5.92 Å². The van der Waals surface area contributed by atoms with Crippen LogP contribution in [0.1, 0.15) is 52.9 Å². The number of carboxylic acids is 2. The van der Waals surface area contributed by atoms with E-state index in [2.05, 4.69) is 16.0 Å². The predicted molar refractivity (Wildman–Crippen MR) is 112 cm³/mol. The lowest BCUT2D eigenvalue weighted by Gasteiger charge is -2.24. The minimum atomic E-state index is -1.64. The summed E-state index contributed by atoms with van der Waals surface area (Å²) in [7, 11) is 0. The van der Waals surface area contributed by atoms with Gasteiger partial charge in [-0.3, -0.25) is 19.2 Å². The molecule has 0 bridgehead atoms. The molecule has 0 saturated heterocycles. The lowest BCUT2D eigenvalue weighted by Crippen LogP contribution is -2.56. The molecule has 0 aromatic carbocycles. The number of carboxylic acid groups (broad SMARTS) is 2. The smallest absolute Gasteiger partial charge is 0.326 e. The summed E-state index contributed by atoms with van der Waals surface area (Å²) in [6.45, 7) is 5.52. The van der Waals surface area contributed by atoms with E-state index in [9.17, 15) is 24.0 Å². The molecule has 12 nitrogen and oxygen atoms in total. The van der Waals surface area contributed by atoms with Crippen LogP contribution in [0.15, 0.2) is 0 Å². The fourth-order valence-electron chi connectivity index (χ4n) is 2.67. The Hall–Kier alpha value is -2.73. The molecule has 0 fully saturated rings. The van der Waals surface area contributed by atoms with Crippen molar-refractivity contribution in [3.05, 3.63) is 0 Å². The van der Waals surface area contributed by atoms with Gasteiger partial charge in [-0.25, -0.2) is 4.79 Å². The fourth-order valence-corrected chi connectivity index (χ4v) is 2.67. The highest BCUT2D eigenvalue weighted by Gasteiger charge is 2.29. The second-order valence-corrected chi connectivity index (χ2v) is 7.81. The number of hydrogen-bond acceptors (Lipinski definition) is 7. The molecule has 0 aliphatic rings. The Morgan fingerprint density at radius 2 is 1.42 bits per heavy atom. The molecule has 0 spiro atoms. The molecule has 9 N–H and O–H groups in total. The van der Waals surface area contributed by atoms with E-state index in [4.69, 9.17) is 21.7 Å². The summed E-state index contributed by atoms with van der Waals surface area (Å²) in [5, 5.41) is 24.8. The van der Waals surface area contributed by atoms with Gasteiger partial charge in [0.2, 0.25) is 17.7 Å². The van der Waals surface area contributed by atoms with E-state index < -0.39 is 60.2 Å². The summed E-state index contributed by atoms with van der Waals surface area (Å²) in [6.07, 6.45) is 1.29. The van der Waals surface area contributed by atoms with Gasteiger partial charge in [0.25, 0.3) is 0 Å². The van der Waals surface area contributed by atoms with E-state index in [0.717, 1.165) is 6.42 Å². The molecule has 0 aromatic rings. The van der Waals surface area contributed by atoms with Crippen molar-refractivity contribution in [2.75, 3.05) is 6.54 Å². The zero-order chi connectivity index (χ0) is 24.1. The average Bonchev–Trinajstić information content (AvgIpc) is 2.65. The van der Waals surface area contributed by atoms with Gasteiger partial charge < -0.3 is 37.6 Å². The first-order valence-corrected chi connectivity index (χ1v) is 10.2. The first-order valence-electron chi connectivity index (χ1n) is 10.2. The van der Waals surface area contributed by atoms with Crippen molar-refractivity contribution in [1.82, 2.24) is 16.0 Å². The zero-order valence-corrected chi connectivity index (χ0v) is 18.2. The molecule has 3 amide bonds. The number of carbonyl (C=O) groups excluding carboxylic acids is 3. The van der Waals surface area contributed by atoms with Crippen molar-refractivity contribution in [3.8, 4) is 0 Å². The number of unbranched alkanes of at least 4 members (excludes halogenated alkanes) is 1. The molecule has 0 aliphatic heterocycles. The van der Waals surface area contributed by atoms with Crippen LogP contribution in [0.3, 0.4) is 0 Å². The number of amides is 3. The Balaban J connectivity index is 5.01. The van der Waals surface area contributed by atoms with Crippen LogP contribution in [0.25, 0.3) is 0 Å². The number of carbonyl (C=O) groups is 5. The Bertz CT molecular complexity index is 641. The number of aliphatic carboxylic acids is 2. The summed E-state index contributed by atoms with van der Waals surface area (Å²) < 4.78 is 0. The fraction of sp³-hybridized carbons (Fsp3) is 0.737. The topological polar surface area (TPSA) is 214 Å². The maximum atomic E-state index is 12.6. The van der Waals surface area contributed by atoms with E-state index >= 15 is 0 Å². The largest absolute Gasteiger partial charge is 0.481 e. The Labute approximate surface area is 181 Å². The van der Waals surface area contributed by atoms with Gasteiger partial charge in [-0.2, -0.15) is 0 Å². The molecule has 178 valence electrons. The Morgan fingerprint density at radius 1 is 0.839 bits per heavy atom. The molecule has 4 unspecified atom stereocenters. The SMILES string of the molecule is CC(C)CC(NC(=O)C(N)CCCCN)C(=O)NC(C)C(=O)NC(CC(=O)O)C(=O)O. The standard InChI is InChI=1S/C19H35N5O7/c1-10(2)8-13(23-17(28)12(21)6-4-5-7-20)18(29)22-11(3)16(27)24-14(19(30)31)9-15(25)26/h10-14H,4-9,20-21H2,1-3H3,(H,22,29)(H,23,28)(H,24,27)(H,25,26)(H,30,31). The van der Waals surface area contributed by atoms with Crippen LogP contribution in [0.2, 0.25) is 0 Å². The van der Waals surface area contributed by atoms with Crippen molar-refractivity contribution in [2.24, 2.45) is 17.4 Å². The molecule has 0 radical (unpaired) electrons. The number of nitrogens with two attached hydrogens (primary N) is 2. The van der Waals surface area contributed by atoms with Crippen LogP contribution in [0.5, 0.6) is 0 Å². The Kier molecular flexibility index (Phi) is 13.0.